The summed E-state index contributed by atoms with van der Waals surface area (Å²) in [4.78, 5) is 48.3. The maximum Gasteiger partial charge on any atom is 0.251 e. The van der Waals surface area contributed by atoms with Gasteiger partial charge >= 0.3 is 0 Å². The number of carbonyl (C=O) groups is 4. The Bertz CT molecular complexity index is 1040. The molecule has 242 valence electrons. The van der Waals surface area contributed by atoms with Crippen molar-refractivity contribution >= 4 is 45.2 Å². The second-order valence-electron chi connectivity index (χ2n) is 9.93. The van der Waals surface area contributed by atoms with E-state index in [1.807, 2.05) is 0 Å². The van der Waals surface area contributed by atoms with E-state index < -0.39 is 0 Å². The van der Waals surface area contributed by atoms with E-state index in [1.54, 1.807) is 84.3 Å². The van der Waals surface area contributed by atoms with Crippen LogP contribution in [0.5, 0.6) is 11.5 Å². The SMILES string of the molecule is COc1ccc(C(=O)NCCCCCC(=O)NCCSSCCNC(=O)CCCCCNC(=O)c2ccc(OC)cc2)cc1. The Balaban J connectivity index is 1.33. The van der Waals surface area contributed by atoms with E-state index in [0.29, 0.717) is 61.6 Å². The molecule has 2 aromatic carbocycles. The van der Waals surface area contributed by atoms with Crippen molar-refractivity contribution in [1.29, 1.82) is 0 Å². The van der Waals surface area contributed by atoms with E-state index in [4.69, 9.17) is 9.47 Å². The van der Waals surface area contributed by atoms with E-state index in [0.717, 1.165) is 50.0 Å². The minimum absolute atomic E-state index is 0.0461. The van der Waals surface area contributed by atoms with Crippen molar-refractivity contribution in [2.75, 3.05) is 51.9 Å². The van der Waals surface area contributed by atoms with Gasteiger partial charge in [-0.25, -0.2) is 0 Å². The number of hydrogen-bond acceptors (Lipinski definition) is 8. The Kier molecular flexibility index (Phi) is 19.3. The molecule has 44 heavy (non-hydrogen) atoms. The summed E-state index contributed by atoms with van der Waals surface area (Å²) in [7, 11) is 6.53. The minimum Gasteiger partial charge on any atom is -0.497 e. The summed E-state index contributed by atoms with van der Waals surface area (Å²) in [5, 5.41) is 11.7. The molecule has 0 aliphatic carbocycles. The van der Waals surface area contributed by atoms with Gasteiger partial charge in [0.2, 0.25) is 11.8 Å². The fraction of sp³-hybridized carbons (Fsp3) is 0.500. The van der Waals surface area contributed by atoms with E-state index in [9.17, 15) is 19.2 Å². The molecule has 4 amide bonds. The highest BCUT2D eigenvalue weighted by Gasteiger charge is 2.07. The quantitative estimate of drug-likeness (QED) is 0.102. The summed E-state index contributed by atoms with van der Waals surface area (Å²) in [5.74, 6) is 2.90. The summed E-state index contributed by atoms with van der Waals surface area (Å²) < 4.78 is 10.2. The lowest BCUT2D eigenvalue weighted by molar-refractivity contribution is -0.121. The molecule has 0 fully saturated rings. The van der Waals surface area contributed by atoms with Gasteiger partial charge in [0.15, 0.2) is 0 Å². The van der Waals surface area contributed by atoms with E-state index in [2.05, 4.69) is 21.3 Å². The maximum absolute atomic E-state index is 12.1. The summed E-state index contributed by atoms with van der Waals surface area (Å²) in [6, 6.07) is 14.0. The van der Waals surface area contributed by atoms with Crippen molar-refractivity contribution in [3.63, 3.8) is 0 Å². The number of ether oxygens (including phenoxy) is 2. The number of nitrogens with one attached hydrogen (secondary N) is 4. The van der Waals surface area contributed by atoms with Gasteiger partial charge in [0.1, 0.15) is 11.5 Å². The Morgan fingerprint density at radius 2 is 0.909 bits per heavy atom. The van der Waals surface area contributed by atoms with Gasteiger partial charge in [-0.05, 0) is 74.2 Å². The van der Waals surface area contributed by atoms with Crippen LogP contribution in [0.15, 0.2) is 48.5 Å². The van der Waals surface area contributed by atoms with Crippen LogP contribution in [-0.4, -0.2) is 75.5 Å². The Labute approximate surface area is 269 Å². The molecule has 10 nitrogen and oxygen atoms in total. The molecule has 2 aromatic rings. The first-order chi connectivity index (χ1) is 21.4. The fourth-order valence-corrected chi connectivity index (χ4v) is 5.84. The zero-order chi connectivity index (χ0) is 31.8. The number of carbonyl (C=O) groups excluding carboxylic acids is 4. The minimum atomic E-state index is -0.111. The topological polar surface area (TPSA) is 135 Å². The molecule has 2 rings (SSSR count). The first kappa shape index (κ1) is 36.8. The average Bonchev–Trinajstić information content (AvgIpc) is 3.05. The van der Waals surface area contributed by atoms with Crippen molar-refractivity contribution in [1.82, 2.24) is 21.3 Å². The van der Waals surface area contributed by atoms with Crippen LogP contribution in [-0.2, 0) is 9.59 Å². The van der Waals surface area contributed by atoms with Crippen LogP contribution in [0, 0.1) is 0 Å². The predicted octanol–water partition coefficient (Wildman–Crippen LogP) is 4.60. The molecule has 0 aliphatic heterocycles. The van der Waals surface area contributed by atoms with Gasteiger partial charge in [-0.15, -0.1) is 0 Å². The highest BCUT2D eigenvalue weighted by Crippen LogP contribution is 2.19. The first-order valence-corrected chi connectivity index (χ1v) is 17.5. The van der Waals surface area contributed by atoms with Gasteiger partial charge < -0.3 is 30.7 Å². The van der Waals surface area contributed by atoms with E-state index >= 15 is 0 Å². The lowest BCUT2D eigenvalue weighted by Crippen LogP contribution is -2.26. The largest absolute Gasteiger partial charge is 0.497 e. The molecule has 0 radical (unpaired) electrons. The summed E-state index contributed by atoms with van der Waals surface area (Å²) in [6.07, 6.45) is 5.92. The third-order valence-electron chi connectivity index (χ3n) is 6.54. The Morgan fingerprint density at radius 1 is 0.523 bits per heavy atom. The number of benzene rings is 2. The maximum atomic E-state index is 12.1. The van der Waals surface area contributed by atoms with Crippen molar-refractivity contribution < 1.29 is 28.7 Å². The van der Waals surface area contributed by atoms with Gasteiger partial charge in [0, 0.05) is 61.7 Å². The molecule has 0 aromatic heterocycles. The molecular formula is C32H46N4O6S2. The van der Waals surface area contributed by atoms with Gasteiger partial charge in [0.05, 0.1) is 14.2 Å². The highest BCUT2D eigenvalue weighted by atomic mass is 33.1. The normalized spacial score (nSPS) is 10.5. The van der Waals surface area contributed by atoms with Crippen molar-refractivity contribution in [2.45, 2.75) is 51.4 Å². The average molecular weight is 647 g/mol. The van der Waals surface area contributed by atoms with Crippen LogP contribution in [0.1, 0.15) is 72.1 Å². The second-order valence-corrected chi connectivity index (χ2v) is 12.6. The van der Waals surface area contributed by atoms with E-state index in [1.165, 1.54) is 0 Å². The first-order valence-electron chi connectivity index (χ1n) is 15.0. The number of unbranched alkanes of at least 4 members (excludes halogenated alkanes) is 4. The molecular weight excluding hydrogens is 601 g/mol. The molecule has 0 aliphatic rings. The molecule has 0 atom stereocenters. The molecule has 0 bridgehead atoms. The lowest BCUT2D eigenvalue weighted by Gasteiger charge is -2.07. The second kappa shape index (κ2) is 23.1. The van der Waals surface area contributed by atoms with Crippen molar-refractivity contribution in [3.05, 3.63) is 59.7 Å². The van der Waals surface area contributed by atoms with Crippen molar-refractivity contribution in [2.24, 2.45) is 0 Å². The molecule has 12 heteroatoms. The fourth-order valence-electron chi connectivity index (χ4n) is 4.03. The van der Waals surface area contributed by atoms with E-state index in [-0.39, 0.29) is 23.6 Å². The Morgan fingerprint density at radius 3 is 1.27 bits per heavy atom. The molecule has 0 saturated carbocycles. The van der Waals surface area contributed by atoms with Crippen LogP contribution in [0.3, 0.4) is 0 Å². The summed E-state index contributed by atoms with van der Waals surface area (Å²) in [6.45, 7) is 2.38. The number of amides is 4. The smallest absolute Gasteiger partial charge is 0.251 e. The third-order valence-corrected chi connectivity index (χ3v) is 8.94. The number of hydrogen-bond donors (Lipinski definition) is 4. The number of rotatable bonds is 23. The number of methoxy groups -OCH3 is 2. The standard InChI is InChI=1S/C32H46N4O6S2/c1-41-27-15-11-25(12-16-27)31(39)35-19-7-3-5-9-29(37)33-21-23-43-44-24-22-34-30(38)10-6-4-8-20-36-32(40)26-13-17-28(42-2)18-14-26/h11-18H,3-10,19-24H2,1-2H3,(H,33,37)(H,34,38)(H,35,39)(H,36,40). The molecule has 4 N–H and O–H groups in total. The summed E-state index contributed by atoms with van der Waals surface area (Å²) >= 11 is 0. The van der Waals surface area contributed by atoms with Gasteiger partial charge in [0.25, 0.3) is 11.8 Å². The monoisotopic (exact) mass is 646 g/mol. The van der Waals surface area contributed by atoms with Crippen LogP contribution in [0.4, 0.5) is 0 Å². The van der Waals surface area contributed by atoms with Crippen molar-refractivity contribution in [3.8, 4) is 11.5 Å². The molecule has 0 heterocycles. The van der Waals surface area contributed by atoms with Gasteiger partial charge in [-0.2, -0.15) is 0 Å². The summed E-state index contributed by atoms with van der Waals surface area (Å²) in [5.41, 5.74) is 1.19. The van der Waals surface area contributed by atoms with Crippen LogP contribution >= 0.6 is 21.6 Å². The Hall–Kier alpha value is -3.38. The molecule has 0 spiro atoms. The molecule has 0 unspecified atom stereocenters. The van der Waals surface area contributed by atoms with Crippen LogP contribution in [0.25, 0.3) is 0 Å². The highest BCUT2D eigenvalue weighted by molar-refractivity contribution is 8.76. The van der Waals surface area contributed by atoms with Gasteiger partial charge in [-0.3, -0.25) is 19.2 Å². The van der Waals surface area contributed by atoms with Crippen LogP contribution < -0.4 is 30.7 Å². The molecule has 0 saturated heterocycles. The third kappa shape index (κ3) is 16.5. The van der Waals surface area contributed by atoms with Crippen LogP contribution in [0.2, 0.25) is 0 Å². The zero-order valence-corrected chi connectivity index (χ0v) is 27.4. The lowest BCUT2D eigenvalue weighted by atomic mass is 10.1. The zero-order valence-electron chi connectivity index (χ0n) is 25.8. The van der Waals surface area contributed by atoms with Gasteiger partial charge in [-0.1, -0.05) is 34.4 Å². The predicted molar refractivity (Wildman–Crippen MR) is 179 cm³/mol.